The van der Waals surface area contributed by atoms with Crippen LogP contribution >= 0.6 is 0 Å². The van der Waals surface area contributed by atoms with Crippen LogP contribution < -0.4 is 5.32 Å². The quantitative estimate of drug-likeness (QED) is 0.439. The molecule has 0 aromatic rings. The SMILES string of the molecule is CCOC(=O)/C=C1\NC(=O)N(C(C)(C)C)C1=O. The molecule has 0 bridgehead atoms. The van der Waals surface area contributed by atoms with Gasteiger partial charge in [-0.1, -0.05) is 0 Å². The van der Waals surface area contributed by atoms with Crippen molar-refractivity contribution in [3.8, 4) is 0 Å². The number of urea groups is 1. The summed E-state index contributed by atoms with van der Waals surface area (Å²) in [7, 11) is 0. The zero-order valence-electron chi connectivity index (χ0n) is 10.4. The van der Waals surface area contributed by atoms with Gasteiger partial charge in [-0.05, 0) is 27.7 Å². The highest BCUT2D eigenvalue weighted by atomic mass is 16.5. The van der Waals surface area contributed by atoms with E-state index in [1.165, 1.54) is 0 Å². The lowest BCUT2D eigenvalue weighted by atomic mass is 10.1. The van der Waals surface area contributed by atoms with Crippen LogP contribution in [-0.2, 0) is 14.3 Å². The van der Waals surface area contributed by atoms with Crippen LogP contribution in [0.15, 0.2) is 11.8 Å². The number of ether oxygens (including phenoxy) is 1. The van der Waals surface area contributed by atoms with Crippen LogP contribution in [0, 0.1) is 0 Å². The topological polar surface area (TPSA) is 75.7 Å². The van der Waals surface area contributed by atoms with Crippen molar-refractivity contribution in [2.75, 3.05) is 6.61 Å². The van der Waals surface area contributed by atoms with Gasteiger partial charge in [0, 0.05) is 5.54 Å². The Morgan fingerprint density at radius 2 is 2.00 bits per heavy atom. The van der Waals surface area contributed by atoms with E-state index in [0.717, 1.165) is 11.0 Å². The highest BCUT2D eigenvalue weighted by molar-refractivity contribution is 6.14. The second-order valence-corrected chi connectivity index (χ2v) is 4.55. The lowest BCUT2D eigenvalue weighted by Crippen LogP contribution is -2.45. The lowest BCUT2D eigenvalue weighted by molar-refractivity contribution is -0.137. The van der Waals surface area contributed by atoms with E-state index in [2.05, 4.69) is 10.1 Å². The maximum Gasteiger partial charge on any atom is 0.333 e. The normalized spacial score (nSPS) is 18.6. The van der Waals surface area contributed by atoms with Crippen molar-refractivity contribution < 1.29 is 19.1 Å². The van der Waals surface area contributed by atoms with Crippen molar-refractivity contribution in [2.24, 2.45) is 0 Å². The van der Waals surface area contributed by atoms with Gasteiger partial charge in [0.25, 0.3) is 5.91 Å². The summed E-state index contributed by atoms with van der Waals surface area (Å²) in [4.78, 5) is 35.7. The molecule has 1 saturated heterocycles. The average Bonchev–Trinajstić information content (AvgIpc) is 2.40. The van der Waals surface area contributed by atoms with Crippen LogP contribution in [0.4, 0.5) is 4.79 Å². The molecule has 0 aromatic carbocycles. The Labute approximate surface area is 99.6 Å². The maximum absolute atomic E-state index is 11.9. The number of hydrogen-bond donors (Lipinski definition) is 1. The molecule has 0 saturated carbocycles. The summed E-state index contributed by atoms with van der Waals surface area (Å²) in [6.45, 7) is 7.08. The summed E-state index contributed by atoms with van der Waals surface area (Å²) in [5.74, 6) is -1.16. The standard InChI is InChI=1S/C11H16N2O4/c1-5-17-8(14)6-7-9(15)13(10(16)12-7)11(2,3)4/h6H,5H2,1-4H3,(H,12,16)/b7-6-. The highest BCUT2D eigenvalue weighted by Crippen LogP contribution is 2.21. The summed E-state index contributed by atoms with van der Waals surface area (Å²) < 4.78 is 4.67. The predicted octanol–water partition coefficient (Wildman–Crippen LogP) is 0.784. The van der Waals surface area contributed by atoms with Gasteiger partial charge in [-0.15, -0.1) is 0 Å². The van der Waals surface area contributed by atoms with Crippen molar-refractivity contribution in [2.45, 2.75) is 33.2 Å². The highest BCUT2D eigenvalue weighted by Gasteiger charge is 2.41. The molecule has 17 heavy (non-hydrogen) atoms. The predicted molar refractivity (Wildman–Crippen MR) is 59.8 cm³/mol. The molecule has 0 spiro atoms. The fourth-order valence-electron chi connectivity index (χ4n) is 1.45. The van der Waals surface area contributed by atoms with E-state index in [-0.39, 0.29) is 12.3 Å². The van der Waals surface area contributed by atoms with Gasteiger partial charge in [-0.3, -0.25) is 9.69 Å². The smallest absolute Gasteiger partial charge is 0.333 e. The van der Waals surface area contributed by atoms with Gasteiger partial charge in [-0.2, -0.15) is 0 Å². The van der Waals surface area contributed by atoms with E-state index in [1.807, 2.05) is 0 Å². The molecular formula is C11H16N2O4. The number of esters is 1. The second-order valence-electron chi connectivity index (χ2n) is 4.55. The number of carbonyl (C=O) groups excluding carboxylic acids is 3. The molecule has 1 aliphatic rings. The van der Waals surface area contributed by atoms with Crippen LogP contribution in [0.1, 0.15) is 27.7 Å². The van der Waals surface area contributed by atoms with E-state index in [1.54, 1.807) is 27.7 Å². The minimum absolute atomic E-state index is 0.0524. The first-order valence-electron chi connectivity index (χ1n) is 5.31. The van der Waals surface area contributed by atoms with Gasteiger partial charge in [0.1, 0.15) is 5.70 Å². The molecule has 0 aliphatic carbocycles. The van der Waals surface area contributed by atoms with E-state index >= 15 is 0 Å². The van der Waals surface area contributed by atoms with E-state index in [0.29, 0.717) is 0 Å². The Bertz CT molecular complexity index is 393. The number of imide groups is 1. The summed E-state index contributed by atoms with van der Waals surface area (Å²) in [6.07, 6.45) is 0.996. The molecule has 0 atom stereocenters. The Balaban J connectivity index is 2.92. The fraction of sp³-hybridized carbons (Fsp3) is 0.545. The van der Waals surface area contributed by atoms with Crippen molar-refractivity contribution >= 4 is 17.9 Å². The Kier molecular flexibility index (Phi) is 3.55. The molecule has 0 unspecified atom stereocenters. The molecule has 0 aromatic heterocycles. The minimum Gasteiger partial charge on any atom is -0.463 e. The Morgan fingerprint density at radius 1 is 1.41 bits per heavy atom. The van der Waals surface area contributed by atoms with Crippen molar-refractivity contribution in [1.29, 1.82) is 0 Å². The second kappa shape index (κ2) is 4.57. The summed E-state index contributed by atoms with van der Waals surface area (Å²) in [5.41, 5.74) is -0.686. The largest absolute Gasteiger partial charge is 0.463 e. The molecule has 94 valence electrons. The average molecular weight is 240 g/mol. The van der Waals surface area contributed by atoms with Crippen molar-refractivity contribution in [1.82, 2.24) is 10.2 Å². The monoisotopic (exact) mass is 240 g/mol. The van der Waals surface area contributed by atoms with Gasteiger partial charge >= 0.3 is 12.0 Å². The molecule has 1 N–H and O–H groups in total. The summed E-state index contributed by atoms with van der Waals surface area (Å²) in [6, 6.07) is -0.530. The zero-order valence-corrected chi connectivity index (χ0v) is 10.4. The van der Waals surface area contributed by atoms with Crippen molar-refractivity contribution in [3.05, 3.63) is 11.8 Å². The van der Waals surface area contributed by atoms with E-state index in [4.69, 9.17) is 0 Å². The number of amides is 3. The molecule has 1 heterocycles. The molecule has 3 amide bonds. The first-order chi connectivity index (χ1) is 7.77. The third-order valence-corrected chi connectivity index (χ3v) is 2.10. The summed E-state index contributed by atoms with van der Waals surface area (Å²) >= 11 is 0. The van der Waals surface area contributed by atoms with Crippen LogP contribution in [0.25, 0.3) is 0 Å². The molecule has 1 fully saturated rings. The van der Waals surface area contributed by atoms with Crippen LogP contribution in [0.5, 0.6) is 0 Å². The number of nitrogens with one attached hydrogen (secondary N) is 1. The number of rotatable bonds is 2. The van der Waals surface area contributed by atoms with E-state index in [9.17, 15) is 14.4 Å². The first-order valence-corrected chi connectivity index (χ1v) is 5.31. The van der Waals surface area contributed by atoms with Gasteiger partial charge < -0.3 is 10.1 Å². The third-order valence-electron chi connectivity index (χ3n) is 2.10. The fourth-order valence-corrected chi connectivity index (χ4v) is 1.45. The van der Waals surface area contributed by atoms with Crippen molar-refractivity contribution in [3.63, 3.8) is 0 Å². The van der Waals surface area contributed by atoms with Gasteiger partial charge in [0.05, 0.1) is 12.7 Å². The zero-order chi connectivity index (χ0) is 13.2. The van der Waals surface area contributed by atoms with E-state index < -0.39 is 23.4 Å². The molecule has 1 aliphatic heterocycles. The molecule has 6 nitrogen and oxygen atoms in total. The number of nitrogens with zero attached hydrogens (tertiary/aromatic N) is 1. The Hall–Kier alpha value is -1.85. The van der Waals surface area contributed by atoms with Crippen LogP contribution in [0.2, 0.25) is 0 Å². The van der Waals surface area contributed by atoms with Crippen LogP contribution in [-0.4, -0.2) is 35.0 Å². The maximum atomic E-state index is 11.9. The minimum atomic E-state index is -0.646. The van der Waals surface area contributed by atoms with Crippen LogP contribution in [0.3, 0.4) is 0 Å². The molecule has 1 rings (SSSR count). The number of hydrogen-bond acceptors (Lipinski definition) is 4. The molecule has 6 heteroatoms. The van der Waals surface area contributed by atoms with Gasteiger partial charge in [0.2, 0.25) is 0 Å². The lowest BCUT2D eigenvalue weighted by Gasteiger charge is -2.27. The summed E-state index contributed by atoms with van der Waals surface area (Å²) in [5, 5.41) is 2.35. The number of carbonyl (C=O) groups is 3. The van der Waals surface area contributed by atoms with Gasteiger partial charge in [-0.25, -0.2) is 9.59 Å². The molecule has 0 radical (unpaired) electrons. The van der Waals surface area contributed by atoms with Gasteiger partial charge in [0.15, 0.2) is 0 Å². The first kappa shape index (κ1) is 13.2. The molecular weight excluding hydrogens is 224 g/mol. The third kappa shape index (κ3) is 2.83. The Morgan fingerprint density at radius 3 is 2.41 bits per heavy atom.